The number of rotatable bonds is 2. The van der Waals surface area contributed by atoms with Crippen LogP contribution < -0.4 is 5.32 Å². The van der Waals surface area contributed by atoms with Gasteiger partial charge in [-0.1, -0.05) is 29.3 Å². The van der Waals surface area contributed by atoms with E-state index in [1.54, 1.807) is 12.1 Å². The molecule has 0 saturated carbocycles. The van der Waals surface area contributed by atoms with Crippen molar-refractivity contribution < 1.29 is 9.18 Å². The smallest absolute Gasteiger partial charge is 0.256 e. The summed E-state index contributed by atoms with van der Waals surface area (Å²) in [7, 11) is 0. The van der Waals surface area contributed by atoms with Crippen molar-refractivity contribution in [3.05, 3.63) is 61.8 Å². The molecule has 0 fully saturated rings. The fraction of sp³-hybridized carbons (Fsp3) is 0.0714. The average Bonchev–Trinajstić information content (AvgIpc) is 2.39. The van der Waals surface area contributed by atoms with Gasteiger partial charge in [-0.2, -0.15) is 0 Å². The molecule has 0 aliphatic rings. The Kier molecular flexibility index (Phi) is 4.68. The molecule has 0 atom stereocenters. The van der Waals surface area contributed by atoms with Crippen LogP contribution in [0.1, 0.15) is 15.9 Å². The molecule has 1 N–H and O–H groups in total. The molecule has 0 unspecified atom stereocenters. The molecule has 0 saturated heterocycles. The summed E-state index contributed by atoms with van der Waals surface area (Å²) in [5, 5.41) is 3.36. The van der Waals surface area contributed by atoms with Crippen LogP contribution in [-0.4, -0.2) is 5.91 Å². The summed E-state index contributed by atoms with van der Waals surface area (Å²) in [6.45, 7) is 1.81. The fourth-order valence-corrected chi connectivity index (χ4v) is 2.62. The number of anilines is 1. The molecule has 0 heterocycles. The minimum absolute atomic E-state index is 0.292. The van der Waals surface area contributed by atoms with Crippen LogP contribution in [0.25, 0.3) is 0 Å². The Balaban J connectivity index is 2.35. The van der Waals surface area contributed by atoms with Gasteiger partial charge >= 0.3 is 0 Å². The highest BCUT2D eigenvalue weighted by Gasteiger charge is 2.15. The van der Waals surface area contributed by atoms with Crippen molar-refractivity contribution >= 4 is 50.7 Å². The average molecular weight is 377 g/mol. The quantitative estimate of drug-likeness (QED) is 0.741. The van der Waals surface area contributed by atoms with Gasteiger partial charge in [0.15, 0.2) is 0 Å². The van der Waals surface area contributed by atoms with E-state index in [1.807, 2.05) is 6.92 Å². The third-order valence-corrected chi connectivity index (χ3v) is 4.16. The maximum Gasteiger partial charge on any atom is 0.256 e. The zero-order valence-electron chi connectivity index (χ0n) is 10.3. The minimum atomic E-state index is -0.431. The van der Waals surface area contributed by atoms with E-state index in [-0.39, 0.29) is 0 Å². The second-order valence-electron chi connectivity index (χ2n) is 4.13. The summed E-state index contributed by atoms with van der Waals surface area (Å²) in [6, 6.07) is 7.21. The van der Waals surface area contributed by atoms with Gasteiger partial charge in [0.05, 0.1) is 21.3 Å². The zero-order valence-corrected chi connectivity index (χ0v) is 13.4. The van der Waals surface area contributed by atoms with E-state index >= 15 is 0 Å². The van der Waals surface area contributed by atoms with Crippen LogP contribution in [0.3, 0.4) is 0 Å². The Morgan fingerprint density at radius 2 is 1.95 bits per heavy atom. The highest BCUT2D eigenvalue weighted by molar-refractivity contribution is 9.10. The molecule has 0 spiro atoms. The van der Waals surface area contributed by atoms with Crippen molar-refractivity contribution in [1.29, 1.82) is 0 Å². The standard InChI is InChI=1S/C14H9BrCl2FNO/c1-7-2-5-11(16)13(12(7)17)19-14(20)9-4-3-8(18)6-10(9)15/h2-6H,1H3,(H,19,20). The second-order valence-corrected chi connectivity index (χ2v) is 5.77. The number of halogens is 4. The Labute approximate surface area is 134 Å². The number of hydrogen-bond donors (Lipinski definition) is 1. The van der Waals surface area contributed by atoms with E-state index in [9.17, 15) is 9.18 Å². The number of aryl methyl sites for hydroxylation is 1. The lowest BCUT2D eigenvalue weighted by Crippen LogP contribution is -2.13. The molecule has 20 heavy (non-hydrogen) atoms. The number of nitrogens with one attached hydrogen (secondary N) is 1. The molecule has 2 rings (SSSR count). The Morgan fingerprint density at radius 3 is 2.60 bits per heavy atom. The summed E-state index contributed by atoms with van der Waals surface area (Å²) < 4.78 is 13.4. The Morgan fingerprint density at radius 1 is 1.25 bits per heavy atom. The van der Waals surface area contributed by atoms with E-state index in [0.717, 1.165) is 5.56 Å². The van der Waals surface area contributed by atoms with Crippen LogP contribution in [0, 0.1) is 12.7 Å². The Hall–Kier alpha value is -1.10. The van der Waals surface area contributed by atoms with Crippen LogP contribution in [0.2, 0.25) is 10.0 Å². The van der Waals surface area contributed by atoms with Gasteiger partial charge in [-0.25, -0.2) is 4.39 Å². The number of carbonyl (C=O) groups is 1. The topological polar surface area (TPSA) is 29.1 Å². The predicted molar refractivity (Wildman–Crippen MR) is 83.3 cm³/mol. The minimum Gasteiger partial charge on any atom is -0.319 e. The van der Waals surface area contributed by atoms with Gasteiger partial charge in [0.25, 0.3) is 5.91 Å². The van der Waals surface area contributed by atoms with Crippen LogP contribution in [0.4, 0.5) is 10.1 Å². The first kappa shape index (κ1) is 15.3. The second kappa shape index (κ2) is 6.12. The van der Waals surface area contributed by atoms with Crippen molar-refractivity contribution in [2.45, 2.75) is 6.92 Å². The molecule has 0 aliphatic carbocycles. The molecule has 104 valence electrons. The molecule has 1 amide bonds. The van der Waals surface area contributed by atoms with Gasteiger partial charge in [0.2, 0.25) is 0 Å². The maximum absolute atomic E-state index is 13.0. The fourth-order valence-electron chi connectivity index (χ4n) is 1.63. The largest absolute Gasteiger partial charge is 0.319 e. The van der Waals surface area contributed by atoms with Crippen molar-refractivity contribution in [3.8, 4) is 0 Å². The Bertz CT molecular complexity index is 691. The lowest BCUT2D eigenvalue weighted by atomic mass is 10.2. The van der Waals surface area contributed by atoms with E-state index in [4.69, 9.17) is 23.2 Å². The first-order chi connectivity index (χ1) is 9.40. The third-order valence-electron chi connectivity index (χ3n) is 2.70. The van der Waals surface area contributed by atoms with Gasteiger partial charge in [-0.3, -0.25) is 4.79 Å². The molecule has 6 heteroatoms. The first-order valence-electron chi connectivity index (χ1n) is 5.61. The van der Waals surface area contributed by atoms with E-state index < -0.39 is 11.7 Å². The van der Waals surface area contributed by atoms with Crippen LogP contribution >= 0.6 is 39.1 Å². The molecule has 2 aromatic rings. The van der Waals surface area contributed by atoms with Crippen molar-refractivity contribution in [3.63, 3.8) is 0 Å². The molecule has 0 aliphatic heterocycles. The molecular weight excluding hydrogens is 368 g/mol. The monoisotopic (exact) mass is 375 g/mol. The molecule has 0 bridgehead atoms. The molecule has 2 aromatic carbocycles. The van der Waals surface area contributed by atoms with Crippen LogP contribution in [0.15, 0.2) is 34.8 Å². The number of carbonyl (C=O) groups excluding carboxylic acids is 1. The highest BCUT2D eigenvalue weighted by atomic mass is 79.9. The predicted octanol–water partition coefficient (Wildman–Crippen LogP) is 5.46. The number of hydrogen-bond acceptors (Lipinski definition) is 1. The van der Waals surface area contributed by atoms with Crippen molar-refractivity contribution in [1.82, 2.24) is 0 Å². The van der Waals surface area contributed by atoms with Gasteiger partial charge in [-0.05, 0) is 52.7 Å². The summed E-state index contributed by atoms with van der Waals surface area (Å²) in [6.07, 6.45) is 0. The van der Waals surface area contributed by atoms with Gasteiger partial charge < -0.3 is 5.32 Å². The zero-order chi connectivity index (χ0) is 14.9. The molecule has 2 nitrogen and oxygen atoms in total. The van der Waals surface area contributed by atoms with E-state index in [2.05, 4.69) is 21.2 Å². The summed E-state index contributed by atoms with van der Waals surface area (Å²) in [4.78, 5) is 12.2. The third kappa shape index (κ3) is 3.14. The van der Waals surface area contributed by atoms with Crippen molar-refractivity contribution in [2.24, 2.45) is 0 Å². The van der Waals surface area contributed by atoms with Gasteiger partial charge in [-0.15, -0.1) is 0 Å². The van der Waals surface area contributed by atoms with Gasteiger partial charge in [0.1, 0.15) is 5.82 Å². The van der Waals surface area contributed by atoms with Crippen molar-refractivity contribution in [2.75, 3.05) is 5.32 Å². The van der Waals surface area contributed by atoms with Crippen LogP contribution in [-0.2, 0) is 0 Å². The maximum atomic E-state index is 13.0. The van der Waals surface area contributed by atoms with E-state index in [0.29, 0.717) is 25.8 Å². The molecular formula is C14H9BrCl2FNO. The highest BCUT2D eigenvalue weighted by Crippen LogP contribution is 2.33. The first-order valence-corrected chi connectivity index (χ1v) is 7.16. The lowest BCUT2D eigenvalue weighted by molar-refractivity contribution is 0.102. The molecule has 0 radical (unpaired) electrons. The normalized spacial score (nSPS) is 10.4. The SMILES string of the molecule is Cc1ccc(Cl)c(NC(=O)c2ccc(F)cc2Br)c1Cl. The number of amides is 1. The number of benzene rings is 2. The molecule has 0 aromatic heterocycles. The lowest BCUT2D eigenvalue weighted by Gasteiger charge is -2.12. The van der Waals surface area contributed by atoms with E-state index in [1.165, 1.54) is 18.2 Å². The summed E-state index contributed by atoms with van der Waals surface area (Å²) >= 11 is 15.3. The summed E-state index contributed by atoms with van der Waals surface area (Å²) in [5.74, 6) is -0.855. The van der Waals surface area contributed by atoms with Gasteiger partial charge in [0, 0.05) is 4.47 Å². The summed E-state index contributed by atoms with van der Waals surface area (Å²) in [5.41, 5.74) is 1.43. The van der Waals surface area contributed by atoms with Crippen LogP contribution in [0.5, 0.6) is 0 Å².